The summed E-state index contributed by atoms with van der Waals surface area (Å²) >= 11 is 18.3. The van der Waals surface area contributed by atoms with Gasteiger partial charge in [0.25, 0.3) is 0 Å². The molecule has 7 heteroatoms. The zero-order chi connectivity index (χ0) is 18.5. The van der Waals surface area contributed by atoms with E-state index in [9.17, 15) is 4.39 Å². The van der Waals surface area contributed by atoms with E-state index >= 15 is 0 Å². The molecule has 0 radical (unpaired) electrons. The van der Waals surface area contributed by atoms with Crippen LogP contribution in [-0.4, -0.2) is 18.8 Å². The second-order valence-corrected chi connectivity index (χ2v) is 8.13. The number of halogens is 4. The van der Waals surface area contributed by atoms with Gasteiger partial charge in [0.1, 0.15) is 0 Å². The predicted molar refractivity (Wildman–Crippen MR) is 103 cm³/mol. The molecule has 3 nitrogen and oxygen atoms in total. The van der Waals surface area contributed by atoms with Crippen LogP contribution in [0.25, 0.3) is 0 Å². The first-order chi connectivity index (χ1) is 12.3. The quantitative estimate of drug-likeness (QED) is 0.678. The van der Waals surface area contributed by atoms with Crippen LogP contribution in [0.5, 0.6) is 0 Å². The highest BCUT2D eigenvalue weighted by molar-refractivity contribution is 6.48. The van der Waals surface area contributed by atoms with Crippen molar-refractivity contribution >= 4 is 40.5 Å². The molecule has 0 amide bonds. The molecule has 0 aliphatic carbocycles. The lowest BCUT2D eigenvalue weighted by Crippen LogP contribution is -2.53. The van der Waals surface area contributed by atoms with Gasteiger partial charge in [-0.25, -0.2) is 4.39 Å². The van der Waals surface area contributed by atoms with Crippen molar-refractivity contribution in [2.24, 2.45) is 5.16 Å². The summed E-state index contributed by atoms with van der Waals surface area (Å²) in [4.78, 5) is 5.72. The molecule has 2 heterocycles. The third-order valence-electron chi connectivity index (χ3n) is 5.00. The van der Waals surface area contributed by atoms with Crippen LogP contribution in [0.3, 0.4) is 0 Å². The summed E-state index contributed by atoms with van der Waals surface area (Å²) < 4.78 is 14.4. The summed E-state index contributed by atoms with van der Waals surface area (Å²) in [5.74, 6) is 0. The van der Waals surface area contributed by atoms with Gasteiger partial charge in [0.05, 0.1) is 20.8 Å². The Hall–Kier alpha value is -1.33. The van der Waals surface area contributed by atoms with Gasteiger partial charge >= 0.3 is 0 Å². The Balaban J connectivity index is 1.56. The van der Waals surface area contributed by atoms with Crippen LogP contribution in [0.4, 0.5) is 4.39 Å². The maximum absolute atomic E-state index is 14.4. The van der Waals surface area contributed by atoms with Gasteiger partial charge in [0.15, 0.2) is 11.3 Å². The van der Waals surface area contributed by atoms with E-state index in [1.165, 1.54) is 0 Å². The standard InChI is InChI=1S/C19H16Cl3FN2O/c1-18(13-6-14(20)17(22)15(21)7-13)8-16(25-26-18)11-2-4-12(5-3-11)19(23)9-24-10-19/h2-7,24H,8-10H2,1H3. The van der Waals surface area contributed by atoms with Crippen LogP contribution in [0, 0.1) is 0 Å². The van der Waals surface area contributed by atoms with E-state index in [1.54, 1.807) is 12.1 Å². The number of hydrogen-bond donors (Lipinski definition) is 1. The van der Waals surface area contributed by atoms with Crippen molar-refractivity contribution in [3.8, 4) is 0 Å². The molecule has 0 spiro atoms. The zero-order valence-electron chi connectivity index (χ0n) is 14.0. The largest absolute Gasteiger partial charge is 0.384 e. The highest BCUT2D eigenvalue weighted by atomic mass is 35.5. The molecule has 4 rings (SSSR count). The Labute approximate surface area is 166 Å². The molecule has 0 bridgehead atoms. The third-order valence-corrected chi connectivity index (χ3v) is 6.20. The van der Waals surface area contributed by atoms with Crippen molar-refractivity contribution in [2.75, 3.05) is 13.1 Å². The first kappa shape index (κ1) is 18.1. The van der Waals surface area contributed by atoms with Crippen molar-refractivity contribution in [3.05, 3.63) is 68.2 Å². The van der Waals surface area contributed by atoms with Gasteiger partial charge < -0.3 is 10.2 Å². The van der Waals surface area contributed by atoms with Gasteiger partial charge in [-0.3, -0.25) is 0 Å². The van der Waals surface area contributed by atoms with Crippen LogP contribution in [0.2, 0.25) is 15.1 Å². The fraction of sp³-hybridized carbons (Fsp3) is 0.316. The molecule has 0 aromatic heterocycles. The van der Waals surface area contributed by atoms with Crippen molar-refractivity contribution in [1.82, 2.24) is 5.32 Å². The van der Waals surface area contributed by atoms with Gasteiger partial charge in [0.2, 0.25) is 0 Å². The number of nitrogens with zero attached hydrogens (tertiary/aromatic N) is 1. The number of rotatable bonds is 3. The van der Waals surface area contributed by atoms with E-state index in [-0.39, 0.29) is 0 Å². The third kappa shape index (κ3) is 2.99. The normalized spacial score (nSPS) is 24.0. The summed E-state index contributed by atoms with van der Waals surface area (Å²) in [7, 11) is 0. The SMILES string of the molecule is CC1(c2cc(Cl)c(Cl)c(Cl)c2)CC(c2ccc(C3(F)CNC3)cc2)=NO1. The van der Waals surface area contributed by atoms with Crippen LogP contribution in [0.15, 0.2) is 41.6 Å². The molecule has 2 aromatic carbocycles. The minimum atomic E-state index is -1.27. The topological polar surface area (TPSA) is 33.6 Å². The molecule has 1 fully saturated rings. The van der Waals surface area contributed by atoms with Gasteiger partial charge in [0, 0.05) is 25.1 Å². The van der Waals surface area contributed by atoms with E-state index in [0.717, 1.165) is 16.8 Å². The summed E-state index contributed by atoms with van der Waals surface area (Å²) in [6, 6.07) is 10.9. The second-order valence-electron chi connectivity index (χ2n) is 6.94. The summed E-state index contributed by atoms with van der Waals surface area (Å²) in [6.07, 6.45) is 0.545. The lowest BCUT2D eigenvalue weighted by atomic mass is 9.87. The van der Waals surface area contributed by atoms with Crippen molar-refractivity contribution in [1.29, 1.82) is 0 Å². The molecule has 1 atom stereocenters. The number of alkyl halides is 1. The van der Waals surface area contributed by atoms with Crippen LogP contribution >= 0.6 is 34.8 Å². The molecule has 2 aromatic rings. The average Bonchev–Trinajstić information content (AvgIpc) is 3.01. The maximum Gasteiger partial charge on any atom is 0.165 e. The fourth-order valence-corrected chi connectivity index (χ4v) is 3.82. The van der Waals surface area contributed by atoms with Crippen LogP contribution in [0.1, 0.15) is 30.0 Å². The molecular weight excluding hydrogens is 398 g/mol. The molecule has 1 saturated heterocycles. The Bertz CT molecular complexity index is 873. The number of hydrogen-bond acceptors (Lipinski definition) is 3. The smallest absolute Gasteiger partial charge is 0.165 e. The van der Waals surface area contributed by atoms with E-state index in [0.29, 0.717) is 40.1 Å². The molecule has 1 unspecified atom stereocenters. The first-order valence-corrected chi connectivity index (χ1v) is 9.35. The Kier molecular flexibility index (Phi) is 4.43. The van der Waals surface area contributed by atoms with Gasteiger partial charge in [-0.2, -0.15) is 0 Å². The summed E-state index contributed by atoms with van der Waals surface area (Å²) in [6.45, 7) is 2.63. The molecule has 136 valence electrons. The van der Waals surface area contributed by atoms with E-state index in [2.05, 4.69) is 10.5 Å². The monoisotopic (exact) mass is 412 g/mol. The minimum absolute atomic E-state index is 0.320. The lowest BCUT2D eigenvalue weighted by Gasteiger charge is -2.35. The predicted octanol–water partition coefficient (Wildman–Crippen LogP) is 5.45. The Morgan fingerprint density at radius 3 is 2.19 bits per heavy atom. The highest BCUT2D eigenvalue weighted by Crippen LogP contribution is 2.41. The van der Waals surface area contributed by atoms with Crippen LogP contribution < -0.4 is 5.32 Å². The van der Waals surface area contributed by atoms with E-state index in [1.807, 2.05) is 31.2 Å². The molecule has 2 aliphatic heterocycles. The van der Waals surface area contributed by atoms with Gasteiger partial charge in [-0.1, -0.05) is 64.2 Å². The average molecular weight is 414 g/mol. The maximum atomic E-state index is 14.4. The molecule has 0 saturated carbocycles. The van der Waals surface area contributed by atoms with Crippen molar-refractivity contribution < 1.29 is 9.23 Å². The van der Waals surface area contributed by atoms with Crippen LogP contribution in [-0.2, 0) is 16.1 Å². The Morgan fingerprint density at radius 1 is 1.04 bits per heavy atom. The second kappa shape index (κ2) is 6.38. The molecule has 26 heavy (non-hydrogen) atoms. The summed E-state index contributed by atoms with van der Waals surface area (Å²) in [5.41, 5.74) is 1.22. The summed E-state index contributed by atoms with van der Waals surface area (Å²) in [5, 5.41) is 8.27. The number of benzene rings is 2. The van der Waals surface area contributed by atoms with E-state index in [4.69, 9.17) is 39.6 Å². The highest BCUT2D eigenvalue weighted by Gasteiger charge is 2.40. The van der Waals surface area contributed by atoms with Crippen molar-refractivity contribution in [3.63, 3.8) is 0 Å². The molecular formula is C19H16Cl3FN2O. The minimum Gasteiger partial charge on any atom is -0.384 e. The van der Waals surface area contributed by atoms with Crippen molar-refractivity contribution in [2.45, 2.75) is 24.6 Å². The first-order valence-electron chi connectivity index (χ1n) is 8.21. The van der Waals surface area contributed by atoms with E-state index < -0.39 is 11.3 Å². The molecule has 2 aliphatic rings. The lowest BCUT2D eigenvalue weighted by molar-refractivity contribution is -0.00737. The number of nitrogens with one attached hydrogen (secondary N) is 1. The Morgan fingerprint density at radius 2 is 1.65 bits per heavy atom. The van der Waals surface area contributed by atoms with Gasteiger partial charge in [-0.15, -0.1) is 0 Å². The zero-order valence-corrected chi connectivity index (χ0v) is 16.2. The number of oxime groups is 1. The fourth-order valence-electron chi connectivity index (χ4n) is 3.22. The van der Waals surface area contributed by atoms with Gasteiger partial charge in [-0.05, 0) is 30.2 Å². The molecule has 1 N–H and O–H groups in total.